The summed E-state index contributed by atoms with van der Waals surface area (Å²) >= 11 is 1.23. The minimum atomic E-state index is -4.78. The molecule has 132 valence electrons. The number of rotatable bonds is 3. The standard InChI is InChI=1S/C14H12F3N5O2S/c1-7-3-4-8-9(5-7)25-12(18-8)19-10(23)6-22-13(24)21(2)11(20-22)14(15,16)17/h3-5H,6H2,1-2H3,(H,18,19,23). The Labute approximate surface area is 142 Å². The lowest BCUT2D eigenvalue weighted by Gasteiger charge is -2.02. The van der Waals surface area contributed by atoms with Crippen LogP contribution in [-0.2, 0) is 24.6 Å². The summed E-state index contributed by atoms with van der Waals surface area (Å²) < 4.78 is 39.9. The van der Waals surface area contributed by atoms with Crippen LogP contribution in [0.25, 0.3) is 10.2 Å². The molecule has 0 unspecified atom stereocenters. The summed E-state index contributed by atoms with van der Waals surface area (Å²) in [5, 5.41) is 5.95. The largest absolute Gasteiger partial charge is 0.451 e. The van der Waals surface area contributed by atoms with Gasteiger partial charge in [-0.3, -0.25) is 9.36 Å². The van der Waals surface area contributed by atoms with Crippen LogP contribution in [0, 0.1) is 6.92 Å². The number of hydrogen-bond donors (Lipinski definition) is 1. The maximum absolute atomic E-state index is 12.7. The Morgan fingerprint density at radius 2 is 2.08 bits per heavy atom. The lowest BCUT2D eigenvalue weighted by molar-refractivity contribution is -0.147. The number of fused-ring (bicyclic) bond motifs is 1. The fourth-order valence-corrected chi connectivity index (χ4v) is 3.20. The van der Waals surface area contributed by atoms with E-state index in [1.807, 2.05) is 19.1 Å². The van der Waals surface area contributed by atoms with Crippen molar-refractivity contribution in [2.75, 3.05) is 5.32 Å². The third-order valence-electron chi connectivity index (χ3n) is 3.38. The summed E-state index contributed by atoms with van der Waals surface area (Å²) in [6.07, 6.45) is -4.78. The van der Waals surface area contributed by atoms with E-state index in [-0.39, 0.29) is 0 Å². The third-order valence-corrected chi connectivity index (χ3v) is 4.31. The first kappa shape index (κ1) is 17.1. The van der Waals surface area contributed by atoms with Gasteiger partial charge in [0.1, 0.15) is 6.54 Å². The van der Waals surface area contributed by atoms with Gasteiger partial charge in [0.25, 0.3) is 0 Å². The average molecular weight is 371 g/mol. The van der Waals surface area contributed by atoms with Crippen LogP contribution in [0.4, 0.5) is 18.3 Å². The molecule has 1 N–H and O–H groups in total. The SMILES string of the molecule is Cc1ccc2nc(NC(=O)Cn3nc(C(F)(F)F)n(C)c3=O)sc2c1. The smallest absolute Gasteiger partial charge is 0.300 e. The molecule has 3 aromatic rings. The van der Waals surface area contributed by atoms with Gasteiger partial charge in [-0.2, -0.15) is 13.2 Å². The number of carbonyl (C=O) groups excluding carboxylic acids is 1. The molecule has 0 spiro atoms. The van der Waals surface area contributed by atoms with Crippen LogP contribution in [0.1, 0.15) is 11.4 Å². The maximum Gasteiger partial charge on any atom is 0.451 e. The summed E-state index contributed by atoms with van der Waals surface area (Å²) in [7, 11) is 0.947. The number of anilines is 1. The van der Waals surface area contributed by atoms with Crippen molar-refractivity contribution in [1.29, 1.82) is 0 Å². The Balaban J connectivity index is 1.79. The first-order valence-corrected chi connectivity index (χ1v) is 7.85. The summed E-state index contributed by atoms with van der Waals surface area (Å²) in [6.45, 7) is 1.28. The molecule has 0 radical (unpaired) electrons. The number of aromatic nitrogens is 4. The number of hydrogen-bond acceptors (Lipinski definition) is 5. The number of nitrogens with one attached hydrogen (secondary N) is 1. The molecule has 0 fully saturated rings. The minimum Gasteiger partial charge on any atom is -0.300 e. The maximum atomic E-state index is 12.7. The first-order valence-electron chi connectivity index (χ1n) is 7.03. The highest BCUT2D eigenvalue weighted by Gasteiger charge is 2.38. The second-order valence-electron chi connectivity index (χ2n) is 5.36. The molecule has 1 aromatic carbocycles. The van der Waals surface area contributed by atoms with Crippen molar-refractivity contribution in [3.63, 3.8) is 0 Å². The molecule has 2 aromatic heterocycles. The highest BCUT2D eigenvalue weighted by atomic mass is 32.1. The number of benzene rings is 1. The van der Waals surface area contributed by atoms with E-state index in [9.17, 15) is 22.8 Å². The molecule has 0 saturated heterocycles. The zero-order valence-electron chi connectivity index (χ0n) is 13.1. The lowest BCUT2D eigenvalue weighted by Crippen LogP contribution is -2.29. The zero-order valence-corrected chi connectivity index (χ0v) is 13.9. The van der Waals surface area contributed by atoms with Crippen LogP contribution in [-0.4, -0.2) is 25.2 Å². The van der Waals surface area contributed by atoms with Crippen LogP contribution < -0.4 is 11.0 Å². The Morgan fingerprint density at radius 3 is 2.72 bits per heavy atom. The fraction of sp³-hybridized carbons (Fsp3) is 0.286. The van der Waals surface area contributed by atoms with Crippen molar-refractivity contribution in [3.05, 3.63) is 40.1 Å². The van der Waals surface area contributed by atoms with Gasteiger partial charge in [-0.25, -0.2) is 14.5 Å². The topological polar surface area (TPSA) is 81.8 Å². The van der Waals surface area contributed by atoms with Crippen molar-refractivity contribution in [3.8, 4) is 0 Å². The molecular formula is C14H12F3N5O2S. The molecule has 3 rings (SSSR count). The Morgan fingerprint density at radius 1 is 1.36 bits per heavy atom. The van der Waals surface area contributed by atoms with Crippen molar-refractivity contribution in [2.45, 2.75) is 19.6 Å². The summed E-state index contributed by atoms with van der Waals surface area (Å²) in [4.78, 5) is 28.0. The average Bonchev–Trinajstić information content (AvgIpc) is 3.01. The van der Waals surface area contributed by atoms with Gasteiger partial charge >= 0.3 is 11.9 Å². The van der Waals surface area contributed by atoms with Gasteiger partial charge in [-0.1, -0.05) is 17.4 Å². The van der Waals surface area contributed by atoms with Crippen LogP contribution in [0.15, 0.2) is 23.0 Å². The van der Waals surface area contributed by atoms with Crippen molar-refractivity contribution >= 4 is 32.6 Å². The van der Waals surface area contributed by atoms with Gasteiger partial charge < -0.3 is 5.32 Å². The van der Waals surface area contributed by atoms with E-state index in [0.717, 1.165) is 17.3 Å². The molecule has 2 heterocycles. The first-order chi connectivity index (χ1) is 11.6. The van der Waals surface area contributed by atoms with Gasteiger partial charge in [-0.15, -0.1) is 5.10 Å². The number of aryl methyl sites for hydroxylation is 1. The van der Waals surface area contributed by atoms with Crippen LogP contribution in [0.3, 0.4) is 0 Å². The van der Waals surface area contributed by atoms with Crippen molar-refractivity contribution in [1.82, 2.24) is 19.3 Å². The Bertz CT molecular complexity index is 1020. The summed E-state index contributed by atoms with van der Waals surface area (Å²) in [5.74, 6) is -2.05. The van der Waals surface area contributed by atoms with Gasteiger partial charge in [-0.05, 0) is 24.6 Å². The molecule has 0 aliphatic heterocycles. The number of alkyl halides is 3. The van der Waals surface area contributed by atoms with Gasteiger partial charge in [0.15, 0.2) is 5.13 Å². The number of amides is 1. The quantitative estimate of drug-likeness (QED) is 0.765. The van der Waals surface area contributed by atoms with Crippen LogP contribution >= 0.6 is 11.3 Å². The molecule has 7 nitrogen and oxygen atoms in total. The molecule has 0 atom stereocenters. The number of thiazole rings is 1. The number of carbonyl (C=O) groups is 1. The van der Waals surface area contributed by atoms with E-state index in [4.69, 9.17) is 0 Å². The second-order valence-corrected chi connectivity index (χ2v) is 6.39. The second kappa shape index (κ2) is 5.99. The molecule has 0 aliphatic rings. The Kier molecular flexibility index (Phi) is 4.11. The van der Waals surface area contributed by atoms with E-state index in [1.165, 1.54) is 11.3 Å². The normalized spacial score (nSPS) is 11.9. The molecule has 0 saturated carbocycles. The van der Waals surface area contributed by atoms with Crippen LogP contribution in [0.5, 0.6) is 0 Å². The lowest BCUT2D eigenvalue weighted by atomic mass is 10.2. The fourth-order valence-electron chi connectivity index (χ4n) is 2.22. The highest BCUT2D eigenvalue weighted by Crippen LogP contribution is 2.27. The van der Waals surface area contributed by atoms with Crippen molar-refractivity contribution < 1.29 is 18.0 Å². The Hall–Kier alpha value is -2.69. The summed E-state index contributed by atoms with van der Waals surface area (Å²) in [5.41, 5.74) is 0.705. The summed E-state index contributed by atoms with van der Waals surface area (Å²) in [6, 6.07) is 5.58. The highest BCUT2D eigenvalue weighted by molar-refractivity contribution is 7.22. The van der Waals surface area contributed by atoms with Gasteiger partial charge in [0.2, 0.25) is 11.7 Å². The monoisotopic (exact) mass is 371 g/mol. The van der Waals surface area contributed by atoms with Crippen LogP contribution in [0.2, 0.25) is 0 Å². The van der Waals surface area contributed by atoms with E-state index < -0.39 is 30.1 Å². The molecule has 25 heavy (non-hydrogen) atoms. The van der Waals surface area contributed by atoms with Gasteiger partial charge in [0, 0.05) is 7.05 Å². The molecule has 11 heteroatoms. The van der Waals surface area contributed by atoms with E-state index in [1.54, 1.807) is 6.07 Å². The third kappa shape index (κ3) is 3.40. The molecular weight excluding hydrogens is 359 g/mol. The zero-order chi connectivity index (χ0) is 18.4. The van der Waals surface area contributed by atoms with E-state index in [0.29, 0.717) is 19.9 Å². The number of nitrogens with zero attached hydrogens (tertiary/aromatic N) is 4. The predicted octanol–water partition coefficient (Wildman–Crippen LogP) is 2.16. The van der Waals surface area contributed by atoms with Crippen molar-refractivity contribution in [2.24, 2.45) is 7.05 Å². The van der Waals surface area contributed by atoms with Gasteiger partial charge in [0.05, 0.1) is 10.2 Å². The minimum absolute atomic E-state index is 0.297. The molecule has 0 aliphatic carbocycles. The number of halogens is 3. The molecule has 0 bridgehead atoms. The predicted molar refractivity (Wildman–Crippen MR) is 85.5 cm³/mol. The van der Waals surface area contributed by atoms with E-state index in [2.05, 4.69) is 15.4 Å². The van der Waals surface area contributed by atoms with E-state index >= 15 is 0 Å². The molecule has 1 amide bonds.